The molecule has 0 fully saturated rings. The molecule has 1 aromatic heterocycles. The van der Waals surface area contributed by atoms with Crippen molar-refractivity contribution in [2.24, 2.45) is 0 Å². The molecule has 0 amide bonds. The van der Waals surface area contributed by atoms with Gasteiger partial charge in [0.15, 0.2) is 0 Å². The predicted molar refractivity (Wildman–Crippen MR) is 112 cm³/mol. The Bertz CT molecular complexity index is 870. The van der Waals surface area contributed by atoms with Crippen molar-refractivity contribution in [2.45, 2.75) is 20.8 Å². The number of nitrogens with one attached hydrogen (secondary N) is 1. The Kier molecular flexibility index (Phi) is 7.34. The van der Waals surface area contributed by atoms with E-state index in [9.17, 15) is 0 Å². The molecule has 3 aromatic rings. The summed E-state index contributed by atoms with van der Waals surface area (Å²) >= 11 is 0. The number of fused-ring (bicyclic) bond motifs is 1. The van der Waals surface area contributed by atoms with Crippen LogP contribution in [-0.2, 0) is 9.47 Å². The van der Waals surface area contributed by atoms with Gasteiger partial charge in [0.1, 0.15) is 24.7 Å². The van der Waals surface area contributed by atoms with Gasteiger partial charge in [-0.05, 0) is 74.4 Å². The van der Waals surface area contributed by atoms with Gasteiger partial charge < -0.3 is 23.9 Å². The summed E-state index contributed by atoms with van der Waals surface area (Å²) in [5, 5.41) is 1.17. The average Bonchev–Trinajstić information content (AvgIpc) is 3.05. The molecule has 28 heavy (non-hydrogen) atoms. The standard InChI is InChI=1S/C23H29NO4/c1-4-25-12-14-27-19-8-6-18(7-9-19)23-17(3)21-16-20(10-11-22(21)24-23)28-15-13-26-5-2/h6-11,16,24H,4-5,12-15H2,1-3H3. The largest absolute Gasteiger partial charge is 0.491 e. The minimum absolute atomic E-state index is 0.556. The van der Waals surface area contributed by atoms with E-state index in [2.05, 4.69) is 36.2 Å². The SMILES string of the molecule is CCOCCOc1ccc(-c2[nH]c3ccc(OCCOCC)cc3c2C)cc1. The fraction of sp³-hybridized carbons (Fsp3) is 0.391. The first-order valence-electron chi connectivity index (χ1n) is 9.86. The second kappa shape index (κ2) is 10.2. The predicted octanol–water partition coefficient (Wildman–Crippen LogP) is 4.97. The molecule has 0 unspecified atom stereocenters. The number of ether oxygens (including phenoxy) is 4. The Morgan fingerprint density at radius 3 is 2.00 bits per heavy atom. The summed E-state index contributed by atoms with van der Waals surface area (Å²) in [7, 11) is 0. The molecule has 1 N–H and O–H groups in total. The third-order valence-corrected chi connectivity index (χ3v) is 4.57. The molecule has 1 heterocycles. The van der Waals surface area contributed by atoms with Gasteiger partial charge in [-0.15, -0.1) is 0 Å². The van der Waals surface area contributed by atoms with Gasteiger partial charge in [0, 0.05) is 29.8 Å². The maximum atomic E-state index is 5.79. The van der Waals surface area contributed by atoms with E-state index in [0.717, 1.165) is 28.3 Å². The highest BCUT2D eigenvalue weighted by Gasteiger charge is 2.11. The van der Waals surface area contributed by atoms with Gasteiger partial charge in [0.05, 0.1) is 13.2 Å². The second-order valence-electron chi connectivity index (χ2n) is 6.45. The Hall–Kier alpha value is -2.50. The Balaban J connectivity index is 1.71. The van der Waals surface area contributed by atoms with E-state index in [0.29, 0.717) is 39.6 Å². The lowest BCUT2D eigenvalue weighted by Crippen LogP contribution is -2.06. The molecule has 0 radical (unpaired) electrons. The summed E-state index contributed by atoms with van der Waals surface area (Å²) < 4.78 is 22.1. The van der Waals surface area contributed by atoms with Gasteiger partial charge in [-0.2, -0.15) is 0 Å². The fourth-order valence-electron chi connectivity index (χ4n) is 3.13. The van der Waals surface area contributed by atoms with Crippen LogP contribution in [0.25, 0.3) is 22.2 Å². The average molecular weight is 383 g/mol. The molecular weight excluding hydrogens is 354 g/mol. The van der Waals surface area contributed by atoms with Crippen LogP contribution in [-0.4, -0.2) is 44.6 Å². The van der Waals surface area contributed by atoms with Gasteiger partial charge in [-0.3, -0.25) is 0 Å². The first-order valence-corrected chi connectivity index (χ1v) is 9.86. The number of rotatable bonds is 11. The molecule has 0 bridgehead atoms. The molecule has 0 spiro atoms. The highest BCUT2D eigenvalue weighted by atomic mass is 16.5. The molecule has 0 aliphatic heterocycles. The Labute approximate surface area is 166 Å². The lowest BCUT2D eigenvalue weighted by Gasteiger charge is -2.07. The van der Waals surface area contributed by atoms with Crippen molar-refractivity contribution in [2.75, 3.05) is 39.6 Å². The van der Waals surface area contributed by atoms with Crippen LogP contribution in [0.1, 0.15) is 19.4 Å². The van der Waals surface area contributed by atoms with Crippen molar-refractivity contribution < 1.29 is 18.9 Å². The maximum Gasteiger partial charge on any atom is 0.120 e. The molecule has 0 atom stereocenters. The second-order valence-corrected chi connectivity index (χ2v) is 6.45. The zero-order chi connectivity index (χ0) is 19.8. The van der Waals surface area contributed by atoms with E-state index in [1.165, 1.54) is 10.9 Å². The first kappa shape index (κ1) is 20.2. The van der Waals surface area contributed by atoms with E-state index >= 15 is 0 Å². The summed E-state index contributed by atoms with van der Waals surface area (Å²) in [6.45, 7) is 9.83. The van der Waals surface area contributed by atoms with E-state index in [-0.39, 0.29) is 0 Å². The summed E-state index contributed by atoms with van der Waals surface area (Å²) in [5.74, 6) is 1.71. The summed E-state index contributed by atoms with van der Waals surface area (Å²) in [5.41, 5.74) is 4.55. The van der Waals surface area contributed by atoms with Crippen LogP contribution < -0.4 is 9.47 Å². The molecule has 3 rings (SSSR count). The maximum absolute atomic E-state index is 5.79. The molecule has 2 aromatic carbocycles. The van der Waals surface area contributed by atoms with Crippen molar-refractivity contribution in [3.05, 3.63) is 48.0 Å². The van der Waals surface area contributed by atoms with Crippen molar-refractivity contribution in [1.29, 1.82) is 0 Å². The molecule has 0 aliphatic rings. The molecule has 0 saturated heterocycles. The highest BCUT2D eigenvalue weighted by Crippen LogP contribution is 2.32. The van der Waals surface area contributed by atoms with Crippen LogP contribution in [0.5, 0.6) is 11.5 Å². The van der Waals surface area contributed by atoms with Gasteiger partial charge in [-0.1, -0.05) is 0 Å². The lowest BCUT2D eigenvalue weighted by molar-refractivity contribution is 0.110. The van der Waals surface area contributed by atoms with Gasteiger partial charge in [-0.25, -0.2) is 0 Å². The molecule has 150 valence electrons. The minimum Gasteiger partial charge on any atom is -0.491 e. The normalized spacial score (nSPS) is 11.1. The monoisotopic (exact) mass is 383 g/mol. The van der Waals surface area contributed by atoms with Crippen LogP contribution in [0, 0.1) is 6.92 Å². The van der Waals surface area contributed by atoms with Crippen LogP contribution in [0.15, 0.2) is 42.5 Å². The topological polar surface area (TPSA) is 52.7 Å². The molecule has 0 aliphatic carbocycles. The van der Waals surface area contributed by atoms with E-state index in [1.807, 2.05) is 32.0 Å². The zero-order valence-electron chi connectivity index (χ0n) is 16.9. The number of hydrogen-bond acceptors (Lipinski definition) is 4. The number of hydrogen-bond donors (Lipinski definition) is 1. The Morgan fingerprint density at radius 2 is 1.36 bits per heavy atom. The third-order valence-electron chi connectivity index (χ3n) is 4.57. The lowest BCUT2D eigenvalue weighted by atomic mass is 10.1. The number of aromatic nitrogens is 1. The van der Waals surface area contributed by atoms with E-state index < -0.39 is 0 Å². The van der Waals surface area contributed by atoms with Crippen molar-refractivity contribution >= 4 is 10.9 Å². The quantitative estimate of drug-likeness (QED) is 0.475. The highest BCUT2D eigenvalue weighted by molar-refractivity contribution is 5.91. The zero-order valence-corrected chi connectivity index (χ0v) is 16.9. The van der Waals surface area contributed by atoms with Crippen LogP contribution >= 0.6 is 0 Å². The number of aryl methyl sites for hydroxylation is 1. The van der Waals surface area contributed by atoms with Crippen molar-refractivity contribution in [3.8, 4) is 22.8 Å². The molecule has 5 nitrogen and oxygen atoms in total. The number of aromatic amines is 1. The van der Waals surface area contributed by atoms with E-state index in [4.69, 9.17) is 18.9 Å². The summed E-state index contributed by atoms with van der Waals surface area (Å²) in [4.78, 5) is 3.52. The van der Waals surface area contributed by atoms with Gasteiger partial charge in [0.2, 0.25) is 0 Å². The Morgan fingerprint density at radius 1 is 0.750 bits per heavy atom. The first-order chi connectivity index (χ1) is 13.7. The number of H-pyrrole nitrogens is 1. The van der Waals surface area contributed by atoms with Crippen LogP contribution in [0.2, 0.25) is 0 Å². The van der Waals surface area contributed by atoms with Crippen molar-refractivity contribution in [3.63, 3.8) is 0 Å². The molecular formula is C23H29NO4. The van der Waals surface area contributed by atoms with Gasteiger partial charge >= 0.3 is 0 Å². The van der Waals surface area contributed by atoms with Crippen LogP contribution in [0.3, 0.4) is 0 Å². The fourth-order valence-corrected chi connectivity index (χ4v) is 3.13. The van der Waals surface area contributed by atoms with Gasteiger partial charge in [0.25, 0.3) is 0 Å². The summed E-state index contributed by atoms with van der Waals surface area (Å²) in [6.07, 6.45) is 0. The molecule has 0 saturated carbocycles. The van der Waals surface area contributed by atoms with Crippen LogP contribution in [0.4, 0.5) is 0 Å². The van der Waals surface area contributed by atoms with Crippen molar-refractivity contribution in [1.82, 2.24) is 4.98 Å². The van der Waals surface area contributed by atoms with E-state index in [1.54, 1.807) is 0 Å². The third kappa shape index (κ3) is 5.06. The number of benzene rings is 2. The molecule has 5 heteroatoms. The smallest absolute Gasteiger partial charge is 0.120 e. The summed E-state index contributed by atoms with van der Waals surface area (Å²) in [6, 6.07) is 14.3. The minimum atomic E-state index is 0.556.